The first-order chi connectivity index (χ1) is 15.4. The van der Waals surface area contributed by atoms with Crippen LogP contribution in [0, 0.1) is 11.6 Å². The number of phenolic OH excluding ortho intramolecular Hbond substituents is 1. The summed E-state index contributed by atoms with van der Waals surface area (Å²) in [6.07, 6.45) is 4.48. The van der Waals surface area contributed by atoms with E-state index in [9.17, 15) is 28.3 Å². The van der Waals surface area contributed by atoms with E-state index in [-0.39, 0.29) is 23.0 Å². The summed E-state index contributed by atoms with van der Waals surface area (Å²) in [5.74, 6) is -2.40. The van der Waals surface area contributed by atoms with Crippen molar-refractivity contribution in [1.82, 2.24) is 19.8 Å². The van der Waals surface area contributed by atoms with Crippen LogP contribution < -0.4 is 10.6 Å². The number of carbonyl (C=O) groups is 2. The van der Waals surface area contributed by atoms with Gasteiger partial charge < -0.3 is 5.11 Å². The fraction of sp³-hybridized carbons (Fsp3) is 0.286. The molecular weight excluding hydrogens is 424 g/mol. The molecule has 0 atom stereocenters. The third kappa shape index (κ3) is 3.77. The molecule has 0 saturated heterocycles. The summed E-state index contributed by atoms with van der Waals surface area (Å²) in [7, 11) is 0. The summed E-state index contributed by atoms with van der Waals surface area (Å²) in [4.78, 5) is 38.5. The van der Waals surface area contributed by atoms with E-state index in [1.54, 1.807) is 0 Å². The zero-order valence-electron chi connectivity index (χ0n) is 16.8. The van der Waals surface area contributed by atoms with Crippen LogP contribution in [0.25, 0.3) is 5.69 Å². The first-order valence-corrected chi connectivity index (χ1v) is 10.0. The normalized spacial score (nSPS) is 14.3. The Labute approximate surface area is 180 Å². The van der Waals surface area contributed by atoms with Crippen molar-refractivity contribution < 1.29 is 23.5 Å². The van der Waals surface area contributed by atoms with Crippen LogP contribution in [-0.4, -0.2) is 43.3 Å². The highest BCUT2D eigenvalue weighted by atomic mass is 19.1. The minimum atomic E-state index is -1.14. The van der Waals surface area contributed by atoms with Gasteiger partial charge in [0.1, 0.15) is 11.4 Å². The summed E-state index contributed by atoms with van der Waals surface area (Å²) in [6.45, 7) is 0. The number of para-hydroxylation sites is 1. The van der Waals surface area contributed by atoms with Crippen LogP contribution in [0.2, 0.25) is 0 Å². The van der Waals surface area contributed by atoms with E-state index in [2.05, 4.69) is 10.4 Å². The van der Waals surface area contributed by atoms with Crippen molar-refractivity contribution >= 4 is 18.0 Å². The highest BCUT2D eigenvalue weighted by molar-refractivity contribution is 5.94. The van der Waals surface area contributed by atoms with E-state index in [1.165, 1.54) is 23.1 Å². The zero-order valence-corrected chi connectivity index (χ0v) is 16.8. The van der Waals surface area contributed by atoms with Crippen molar-refractivity contribution in [3.63, 3.8) is 0 Å². The van der Waals surface area contributed by atoms with Gasteiger partial charge in [-0.2, -0.15) is 4.68 Å². The Balaban J connectivity index is 1.78. The molecule has 4 rings (SSSR count). The number of nitrogens with zero attached hydrogens (tertiary/aromatic N) is 5. The lowest BCUT2D eigenvalue weighted by molar-refractivity contribution is 0.112. The fourth-order valence-electron chi connectivity index (χ4n) is 3.90. The molecule has 1 aliphatic carbocycles. The highest BCUT2D eigenvalue weighted by Crippen LogP contribution is 2.31. The molecule has 1 N–H and O–H groups in total. The van der Waals surface area contributed by atoms with E-state index < -0.39 is 29.0 Å². The first kappa shape index (κ1) is 21.3. The fourth-order valence-corrected chi connectivity index (χ4v) is 3.90. The second kappa shape index (κ2) is 8.69. The third-order valence-electron chi connectivity index (χ3n) is 5.48. The Morgan fingerprint density at radius 3 is 2.41 bits per heavy atom. The van der Waals surface area contributed by atoms with E-state index >= 15 is 0 Å². The molecule has 0 unspecified atom stereocenters. The first-order valence-electron chi connectivity index (χ1n) is 10.0. The Bertz CT molecular complexity index is 1210. The molecule has 166 valence electrons. The van der Waals surface area contributed by atoms with Crippen LogP contribution >= 0.6 is 0 Å². The predicted molar refractivity (Wildman–Crippen MR) is 109 cm³/mol. The number of phenols is 1. The molecule has 2 aromatic carbocycles. The van der Waals surface area contributed by atoms with Crippen LogP contribution in [-0.2, 0) is 0 Å². The quantitative estimate of drug-likeness (QED) is 0.490. The maximum absolute atomic E-state index is 14.1. The summed E-state index contributed by atoms with van der Waals surface area (Å²) >= 11 is 0. The van der Waals surface area contributed by atoms with Gasteiger partial charge in [-0.1, -0.05) is 25.3 Å². The van der Waals surface area contributed by atoms with Gasteiger partial charge in [-0.3, -0.25) is 9.69 Å². The number of aromatic hydroxyl groups is 1. The van der Waals surface area contributed by atoms with Gasteiger partial charge in [-0.25, -0.2) is 18.4 Å². The van der Waals surface area contributed by atoms with Crippen LogP contribution in [0.1, 0.15) is 42.5 Å². The smallest absolute Gasteiger partial charge is 0.377 e. The summed E-state index contributed by atoms with van der Waals surface area (Å²) in [6, 6.07) is 5.94. The van der Waals surface area contributed by atoms with Crippen LogP contribution in [0.3, 0.4) is 0 Å². The standard InChI is InChI=1S/C21H19F2N5O4/c22-16-7-4-8-17(23)19(16)27-21(32)28(25-24-27)20(31)26(14-5-2-1-3-6-14)15-10-9-13(12-29)18(30)11-15/h4,7-12,14,30H,1-3,5-6H2. The SMILES string of the molecule is O=Cc1ccc(N(C(=O)n2nnn(-c3c(F)cccc3F)c2=O)C2CCCCC2)cc1O. The highest BCUT2D eigenvalue weighted by Gasteiger charge is 2.31. The third-order valence-corrected chi connectivity index (χ3v) is 5.48. The zero-order chi connectivity index (χ0) is 22.8. The molecule has 0 aliphatic heterocycles. The average Bonchev–Trinajstić information content (AvgIpc) is 3.16. The van der Waals surface area contributed by atoms with Gasteiger partial charge in [0.2, 0.25) is 0 Å². The number of tetrazole rings is 1. The number of benzene rings is 2. The molecule has 3 aromatic rings. The number of hydrogen-bond donors (Lipinski definition) is 1. The molecular formula is C21H19F2N5O4. The molecule has 1 aromatic heterocycles. The maximum Gasteiger partial charge on any atom is 0.377 e. The second-order valence-electron chi connectivity index (χ2n) is 7.46. The molecule has 11 heteroatoms. The number of anilines is 1. The topological polar surface area (TPSA) is 110 Å². The van der Waals surface area contributed by atoms with Crippen molar-refractivity contribution in [2.45, 2.75) is 38.1 Å². The van der Waals surface area contributed by atoms with Gasteiger partial charge in [-0.05, 0) is 47.5 Å². The molecule has 1 heterocycles. The number of aldehydes is 1. The Kier molecular flexibility index (Phi) is 5.80. The lowest BCUT2D eigenvalue weighted by atomic mass is 9.94. The monoisotopic (exact) mass is 443 g/mol. The molecule has 1 fully saturated rings. The van der Waals surface area contributed by atoms with Gasteiger partial charge in [-0.15, -0.1) is 4.68 Å². The summed E-state index contributed by atoms with van der Waals surface area (Å²) in [5, 5.41) is 17.1. The minimum Gasteiger partial charge on any atom is -0.507 e. The second-order valence-corrected chi connectivity index (χ2v) is 7.46. The van der Waals surface area contributed by atoms with E-state index in [0.717, 1.165) is 37.5 Å². The molecule has 1 amide bonds. The number of halogens is 2. The molecule has 9 nitrogen and oxygen atoms in total. The Hall–Kier alpha value is -3.89. The number of hydrogen-bond acceptors (Lipinski definition) is 6. The van der Waals surface area contributed by atoms with E-state index in [4.69, 9.17) is 0 Å². The number of carbonyl (C=O) groups excluding carboxylic acids is 2. The van der Waals surface area contributed by atoms with Crippen molar-refractivity contribution in [2.75, 3.05) is 4.90 Å². The van der Waals surface area contributed by atoms with E-state index in [1.807, 2.05) is 0 Å². The average molecular weight is 443 g/mol. The maximum atomic E-state index is 14.1. The Morgan fingerprint density at radius 1 is 1.09 bits per heavy atom. The molecule has 0 radical (unpaired) electrons. The van der Waals surface area contributed by atoms with Gasteiger partial charge >= 0.3 is 11.7 Å². The molecule has 1 saturated carbocycles. The van der Waals surface area contributed by atoms with Crippen molar-refractivity contribution in [3.8, 4) is 11.4 Å². The molecule has 32 heavy (non-hydrogen) atoms. The number of amides is 1. The lowest BCUT2D eigenvalue weighted by Gasteiger charge is -2.33. The van der Waals surface area contributed by atoms with Crippen molar-refractivity contribution in [1.29, 1.82) is 0 Å². The van der Waals surface area contributed by atoms with Crippen molar-refractivity contribution in [2.24, 2.45) is 0 Å². The van der Waals surface area contributed by atoms with Gasteiger partial charge in [0, 0.05) is 17.8 Å². The Morgan fingerprint density at radius 2 is 1.78 bits per heavy atom. The molecule has 0 bridgehead atoms. The van der Waals surface area contributed by atoms with E-state index in [0.29, 0.717) is 28.5 Å². The van der Waals surface area contributed by atoms with Crippen LogP contribution in [0.5, 0.6) is 5.75 Å². The number of aromatic nitrogens is 4. The van der Waals surface area contributed by atoms with Crippen molar-refractivity contribution in [3.05, 3.63) is 64.1 Å². The van der Waals surface area contributed by atoms with Gasteiger partial charge in [0.05, 0.1) is 5.56 Å². The van der Waals surface area contributed by atoms with Crippen LogP contribution in [0.15, 0.2) is 41.2 Å². The molecule has 1 aliphatic rings. The number of rotatable bonds is 4. The van der Waals surface area contributed by atoms with Gasteiger partial charge in [0.25, 0.3) is 0 Å². The summed E-state index contributed by atoms with van der Waals surface area (Å²) in [5.41, 5.74) is -1.59. The summed E-state index contributed by atoms with van der Waals surface area (Å²) < 4.78 is 29.1. The largest absolute Gasteiger partial charge is 0.507 e. The predicted octanol–water partition coefficient (Wildman–Crippen LogP) is 3.03. The van der Waals surface area contributed by atoms with Crippen LogP contribution in [0.4, 0.5) is 19.3 Å². The minimum absolute atomic E-state index is 0.0444. The van der Waals surface area contributed by atoms with Gasteiger partial charge in [0.15, 0.2) is 17.9 Å². The molecule has 0 spiro atoms. The lowest BCUT2D eigenvalue weighted by Crippen LogP contribution is -2.47.